The van der Waals surface area contributed by atoms with Crippen molar-refractivity contribution in [3.8, 4) is 0 Å². The van der Waals surface area contributed by atoms with E-state index in [0.29, 0.717) is 5.69 Å². The highest BCUT2D eigenvalue weighted by Crippen LogP contribution is 2.12. The predicted octanol–water partition coefficient (Wildman–Crippen LogP) is 1.23. The molecule has 0 saturated carbocycles. The van der Waals surface area contributed by atoms with E-state index >= 15 is 0 Å². The summed E-state index contributed by atoms with van der Waals surface area (Å²) in [4.78, 5) is 23.6. The highest BCUT2D eigenvalue weighted by molar-refractivity contribution is 5.91. The van der Waals surface area contributed by atoms with Gasteiger partial charge in [-0.15, -0.1) is 0 Å². The Morgan fingerprint density at radius 2 is 2.10 bits per heavy atom. The van der Waals surface area contributed by atoms with E-state index < -0.39 is 0 Å². The van der Waals surface area contributed by atoms with Gasteiger partial charge in [0.05, 0.1) is 11.9 Å². The molecule has 0 bridgehead atoms. The molecule has 0 spiro atoms. The van der Waals surface area contributed by atoms with E-state index in [4.69, 9.17) is 0 Å². The van der Waals surface area contributed by atoms with Crippen LogP contribution in [0.1, 0.15) is 5.56 Å². The fourth-order valence-corrected chi connectivity index (χ4v) is 1.73. The maximum Gasteiger partial charge on any atom is 0.269 e. The Bertz CT molecular complexity index is 679. The number of amides is 1. The molecule has 1 aromatic carbocycles. The Kier molecular flexibility index (Phi) is 4.14. The van der Waals surface area contributed by atoms with Gasteiger partial charge in [-0.2, -0.15) is 5.10 Å². The molecule has 0 aliphatic rings. The molecule has 0 unspecified atom stereocenters. The van der Waals surface area contributed by atoms with Gasteiger partial charge in [0, 0.05) is 18.8 Å². The topological polar surface area (TPSA) is 76.0 Å². The molecule has 2 rings (SSSR count). The van der Waals surface area contributed by atoms with Crippen LogP contribution in [0, 0.1) is 6.92 Å². The summed E-state index contributed by atoms with van der Waals surface area (Å²) >= 11 is 0. The first-order valence-corrected chi connectivity index (χ1v) is 6.20. The molecule has 0 fully saturated rings. The number of nitrogens with one attached hydrogen (secondary N) is 2. The summed E-state index contributed by atoms with van der Waals surface area (Å²) in [5.74, 6) is -0.286. The normalized spacial score (nSPS) is 10.1. The van der Waals surface area contributed by atoms with E-state index in [9.17, 15) is 9.59 Å². The van der Waals surface area contributed by atoms with Gasteiger partial charge in [0.1, 0.15) is 6.54 Å². The lowest BCUT2D eigenvalue weighted by atomic mass is 10.2. The number of aryl methyl sites for hydroxylation is 1. The van der Waals surface area contributed by atoms with Crippen molar-refractivity contribution in [1.82, 2.24) is 9.78 Å². The van der Waals surface area contributed by atoms with Crippen LogP contribution in [-0.4, -0.2) is 22.7 Å². The quantitative estimate of drug-likeness (QED) is 0.877. The van der Waals surface area contributed by atoms with Gasteiger partial charge < -0.3 is 10.6 Å². The van der Waals surface area contributed by atoms with Crippen molar-refractivity contribution < 1.29 is 4.79 Å². The lowest BCUT2D eigenvalue weighted by Crippen LogP contribution is -2.29. The average molecular weight is 272 g/mol. The number of anilines is 2. The molecular formula is C14H16N4O2. The van der Waals surface area contributed by atoms with Crippen molar-refractivity contribution in [2.24, 2.45) is 0 Å². The number of rotatable bonds is 4. The third kappa shape index (κ3) is 3.23. The van der Waals surface area contributed by atoms with Gasteiger partial charge in [0.15, 0.2) is 0 Å². The fraction of sp³-hybridized carbons (Fsp3) is 0.214. The van der Waals surface area contributed by atoms with Gasteiger partial charge in [-0.3, -0.25) is 9.59 Å². The van der Waals surface area contributed by atoms with E-state index in [1.165, 1.54) is 12.3 Å². The number of carbonyl (C=O) groups is 1. The first kappa shape index (κ1) is 13.8. The second-order valence-electron chi connectivity index (χ2n) is 4.35. The van der Waals surface area contributed by atoms with Crippen molar-refractivity contribution in [1.29, 1.82) is 0 Å². The van der Waals surface area contributed by atoms with Crippen molar-refractivity contribution in [3.63, 3.8) is 0 Å². The molecule has 0 aliphatic heterocycles. The third-order valence-corrected chi connectivity index (χ3v) is 2.87. The second kappa shape index (κ2) is 6.01. The molecule has 0 saturated heterocycles. The molecule has 6 nitrogen and oxygen atoms in total. The van der Waals surface area contributed by atoms with Crippen LogP contribution < -0.4 is 16.2 Å². The van der Waals surface area contributed by atoms with Gasteiger partial charge in [-0.25, -0.2) is 4.68 Å². The summed E-state index contributed by atoms with van der Waals surface area (Å²) in [5, 5.41) is 9.51. The zero-order chi connectivity index (χ0) is 14.5. The zero-order valence-corrected chi connectivity index (χ0v) is 11.4. The number of para-hydroxylation sites is 1. The number of nitrogens with zero attached hydrogens (tertiary/aromatic N) is 2. The molecule has 1 aromatic heterocycles. The van der Waals surface area contributed by atoms with Crippen LogP contribution in [-0.2, 0) is 11.3 Å². The Balaban J connectivity index is 2.09. The average Bonchev–Trinajstić information content (AvgIpc) is 2.43. The Morgan fingerprint density at radius 1 is 1.35 bits per heavy atom. The predicted molar refractivity (Wildman–Crippen MR) is 77.9 cm³/mol. The van der Waals surface area contributed by atoms with Gasteiger partial charge >= 0.3 is 0 Å². The number of hydrogen-bond acceptors (Lipinski definition) is 4. The standard InChI is InChI=1S/C14H16N4O2/c1-10-5-3-4-6-12(10)17-13(19)9-18-14(20)7-11(15-2)8-16-18/h3-8,15H,9H2,1-2H3,(H,17,19). The summed E-state index contributed by atoms with van der Waals surface area (Å²) in [5.41, 5.74) is 1.99. The van der Waals surface area contributed by atoms with Crippen molar-refractivity contribution in [2.75, 3.05) is 17.7 Å². The highest BCUT2D eigenvalue weighted by Gasteiger charge is 2.07. The molecule has 20 heavy (non-hydrogen) atoms. The lowest BCUT2D eigenvalue weighted by Gasteiger charge is -2.09. The SMILES string of the molecule is CNc1cnn(CC(=O)Nc2ccccc2C)c(=O)c1. The minimum atomic E-state index is -0.322. The van der Waals surface area contributed by atoms with Crippen LogP contribution in [0.3, 0.4) is 0 Å². The molecule has 0 aliphatic carbocycles. The molecule has 0 atom stereocenters. The third-order valence-electron chi connectivity index (χ3n) is 2.87. The second-order valence-corrected chi connectivity index (χ2v) is 4.35. The summed E-state index contributed by atoms with van der Waals surface area (Å²) in [6.07, 6.45) is 1.50. The van der Waals surface area contributed by atoms with Crippen molar-refractivity contribution in [3.05, 3.63) is 52.4 Å². The monoisotopic (exact) mass is 272 g/mol. The smallest absolute Gasteiger partial charge is 0.269 e. The van der Waals surface area contributed by atoms with Crippen LogP contribution >= 0.6 is 0 Å². The summed E-state index contributed by atoms with van der Waals surface area (Å²) in [6.45, 7) is 1.79. The highest BCUT2D eigenvalue weighted by atomic mass is 16.2. The Morgan fingerprint density at radius 3 is 2.75 bits per heavy atom. The van der Waals surface area contributed by atoms with E-state index in [2.05, 4.69) is 15.7 Å². The van der Waals surface area contributed by atoms with Gasteiger partial charge in [0.2, 0.25) is 5.91 Å². The Hall–Kier alpha value is -2.63. The lowest BCUT2D eigenvalue weighted by molar-refractivity contribution is -0.117. The van der Waals surface area contributed by atoms with E-state index in [1.807, 2.05) is 31.2 Å². The molecule has 2 N–H and O–H groups in total. The minimum absolute atomic E-state index is 0.114. The summed E-state index contributed by atoms with van der Waals surface area (Å²) in [6, 6.07) is 8.85. The van der Waals surface area contributed by atoms with Crippen LogP contribution in [0.4, 0.5) is 11.4 Å². The molecular weight excluding hydrogens is 256 g/mol. The van der Waals surface area contributed by atoms with Crippen molar-refractivity contribution in [2.45, 2.75) is 13.5 Å². The number of aromatic nitrogens is 2. The molecule has 1 heterocycles. The van der Waals surface area contributed by atoms with E-state index in [0.717, 1.165) is 15.9 Å². The molecule has 1 amide bonds. The summed E-state index contributed by atoms with van der Waals surface area (Å²) in [7, 11) is 1.70. The van der Waals surface area contributed by atoms with Crippen molar-refractivity contribution >= 4 is 17.3 Å². The van der Waals surface area contributed by atoms with Gasteiger partial charge in [-0.05, 0) is 18.6 Å². The maximum absolute atomic E-state index is 11.9. The first-order chi connectivity index (χ1) is 9.60. The fourth-order valence-electron chi connectivity index (χ4n) is 1.73. The van der Waals surface area contributed by atoms with Crippen LogP contribution in [0.15, 0.2) is 41.3 Å². The minimum Gasteiger partial charge on any atom is -0.387 e. The van der Waals surface area contributed by atoms with Gasteiger partial charge in [0.25, 0.3) is 5.56 Å². The summed E-state index contributed by atoms with van der Waals surface area (Å²) < 4.78 is 1.12. The Labute approximate surface area is 116 Å². The van der Waals surface area contributed by atoms with Crippen LogP contribution in [0.25, 0.3) is 0 Å². The molecule has 0 radical (unpaired) electrons. The zero-order valence-electron chi connectivity index (χ0n) is 11.4. The van der Waals surface area contributed by atoms with Gasteiger partial charge in [-0.1, -0.05) is 18.2 Å². The molecule has 6 heteroatoms. The van der Waals surface area contributed by atoms with E-state index in [1.54, 1.807) is 7.05 Å². The first-order valence-electron chi connectivity index (χ1n) is 6.20. The number of carbonyl (C=O) groups excluding carboxylic acids is 1. The molecule has 2 aromatic rings. The largest absolute Gasteiger partial charge is 0.387 e. The van der Waals surface area contributed by atoms with Crippen LogP contribution in [0.2, 0.25) is 0 Å². The maximum atomic E-state index is 11.9. The van der Waals surface area contributed by atoms with Crippen LogP contribution in [0.5, 0.6) is 0 Å². The number of hydrogen-bond donors (Lipinski definition) is 2. The number of benzene rings is 1. The van der Waals surface area contributed by atoms with E-state index in [-0.39, 0.29) is 18.0 Å². The molecule has 104 valence electrons.